The third-order valence-electron chi connectivity index (χ3n) is 4.48. The van der Waals surface area contributed by atoms with Crippen LogP contribution in [-0.4, -0.2) is 50.8 Å². The maximum atomic E-state index is 12.3. The lowest BCUT2D eigenvalue weighted by Gasteiger charge is -2.17. The molecule has 3 heterocycles. The molecular formula is C18H21N7OS. The van der Waals surface area contributed by atoms with Crippen molar-refractivity contribution in [2.24, 2.45) is 0 Å². The largest absolute Gasteiger partial charge is 0.356 e. The number of aryl methyl sites for hydroxylation is 1. The van der Waals surface area contributed by atoms with Crippen molar-refractivity contribution in [3.8, 4) is 0 Å². The van der Waals surface area contributed by atoms with Crippen molar-refractivity contribution in [1.29, 1.82) is 0 Å². The van der Waals surface area contributed by atoms with Gasteiger partial charge in [-0.2, -0.15) is 13.7 Å². The van der Waals surface area contributed by atoms with Crippen LogP contribution < -0.4 is 15.5 Å². The highest BCUT2D eigenvalue weighted by molar-refractivity contribution is 7.00. The molecule has 1 fully saturated rings. The number of carbonyl (C=O) groups excluding carboxylic acids is 1. The Kier molecular flexibility index (Phi) is 5.10. The first-order chi connectivity index (χ1) is 13.2. The summed E-state index contributed by atoms with van der Waals surface area (Å²) in [6, 6.07) is 7.35. The highest BCUT2D eigenvalue weighted by atomic mass is 32.1. The zero-order valence-corrected chi connectivity index (χ0v) is 15.9. The van der Waals surface area contributed by atoms with Gasteiger partial charge in [0.15, 0.2) is 0 Å². The first kappa shape index (κ1) is 17.6. The number of nitrogens with zero attached hydrogens (tertiary/aromatic N) is 5. The third kappa shape index (κ3) is 4.13. The van der Waals surface area contributed by atoms with E-state index in [4.69, 9.17) is 0 Å². The number of rotatable bonds is 6. The number of aromatic nitrogens is 4. The number of benzene rings is 1. The Morgan fingerprint density at radius 1 is 1.11 bits per heavy atom. The molecule has 1 aromatic carbocycles. The summed E-state index contributed by atoms with van der Waals surface area (Å²) in [5, 5.41) is 6.10. The summed E-state index contributed by atoms with van der Waals surface area (Å²) in [4.78, 5) is 23.6. The van der Waals surface area contributed by atoms with Crippen molar-refractivity contribution in [2.75, 3.05) is 36.4 Å². The van der Waals surface area contributed by atoms with E-state index in [9.17, 15) is 4.79 Å². The highest BCUT2D eigenvalue weighted by Crippen LogP contribution is 2.19. The zero-order valence-electron chi connectivity index (χ0n) is 15.1. The van der Waals surface area contributed by atoms with E-state index in [1.54, 1.807) is 12.1 Å². The number of fused-ring (bicyclic) bond motifs is 1. The van der Waals surface area contributed by atoms with E-state index in [1.807, 2.05) is 19.1 Å². The Bertz CT molecular complexity index is 952. The molecule has 2 N–H and O–H groups in total. The van der Waals surface area contributed by atoms with Crippen molar-refractivity contribution in [1.82, 2.24) is 24.0 Å². The lowest BCUT2D eigenvalue weighted by atomic mass is 10.2. The van der Waals surface area contributed by atoms with Crippen LogP contribution in [0.15, 0.2) is 24.3 Å². The number of hydrogen-bond acceptors (Lipinski definition) is 8. The average molecular weight is 383 g/mol. The minimum Gasteiger partial charge on any atom is -0.356 e. The molecule has 0 aliphatic carbocycles. The third-order valence-corrected chi connectivity index (χ3v) is 5.04. The van der Waals surface area contributed by atoms with Crippen LogP contribution in [0.4, 0.5) is 11.8 Å². The summed E-state index contributed by atoms with van der Waals surface area (Å²) >= 11 is 1.14. The van der Waals surface area contributed by atoms with Gasteiger partial charge < -0.3 is 15.5 Å². The second-order valence-corrected chi connectivity index (χ2v) is 7.06. The fourth-order valence-corrected chi connectivity index (χ4v) is 3.63. The summed E-state index contributed by atoms with van der Waals surface area (Å²) in [5.41, 5.74) is 3.07. The van der Waals surface area contributed by atoms with Crippen LogP contribution in [0.2, 0.25) is 0 Å². The van der Waals surface area contributed by atoms with E-state index >= 15 is 0 Å². The van der Waals surface area contributed by atoms with E-state index < -0.39 is 0 Å². The Balaban J connectivity index is 1.31. The first-order valence-electron chi connectivity index (χ1n) is 9.04. The maximum absolute atomic E-state index is 12.3. The number of anilines is 2. The minimum absolute atomic E-state index is 0.130. The van der Waals surface area contributed by atoms with Gasteiger partial charge in [0, 0.05) is 43.5 Å². The van der Waals surface area contributed by atoms with Gasteiger partial charge in [-0.1, -0.05) is 0 Å². The SMILES string of the molecule is Cc1cc(N2CCCC2)nc(NCCNC(=O)c2ccc3nsnc3c2)n1. The minimum atomic E-state index is -0.130. The molecule has 2 aromatic heterocycles. The quantitative estimate of drug-likeness (QED) is 0.630. The Hall–Kier alpha value is -2.81. The van der Waals surface area contributed by atoms with Crippen molar-refractivity contribution in [2.45, 2.75) is 19.8 Å². The fourth-order valence-electron chi connectivity index (χ4n) is 3.11. The molecule has 0 spiro atoms. The number of amides is 1. The Morgan fingerprint density at radius 2 is 1.93 bits per heavy atom. The predicted molar refractivity (Wildman–Crippen MR) is 106 cm³/mol. The maximum Gasteiger partial charge on any atom is 0.251 e. The number of hydrogen-bond donors (Lipinski definition) is 2. The van der Waals surface area contributed by atoms with Gasteiger partial charge in [-0.3, -0.25) is 4.79 Å². The smallest absolute Gasteiger partial charge is 0.251 e. The molecular weight excluding hydrogens is 362 g/mol. The fraction of sp³-hybridized carbons (Fsp3) is 0.389. The van der Waals surface area contributed by atoms with Crippen LogP contribution in [0.25, 0.3) is 11.0 Å². The van der Waals surface area contributed by atoms with E-state index in [0.717, 1.165) is 47.4 Å². The van der Waals surface area contributed by atoms with Gasteiger partial charge in [0.25, 0.3) is 5.91 Å². The molecule has 1 aliphatic heterocycles. The van der Waals surface area contributed by atoms with Crippen molar-refractivity contribution >= 4 is 40.4 Å². The summed E-state index contributed by atoms with van der Waals surface area (Å²) in [6.45, 7) is 5.09. The van der Waals surface area contributed by atoms with E-state index in [-0.39, 0.29) is 5.91 Å². The van der Waals surface area contributed by atoms with Gasteiger partial charge in [-0.25, -0.2) is 4.98 Å². The van der Waals surface area contributed by atoms with E-state index in [1.165, 1.54) is 12.8 Å². The van der Waals surface area contributed by atoms with Crippen molar-refractivity contribution < 1.29 is 4.79 Å². The molecule has 0 unspecified atom stereocenters. The molecule has 4 rings (SSSR count). The molecule has 3 aromatic rings. The lowest BCUT2D eigenvalue weighted by Crippen LogP contribution is -2.29. The molecule has 140 valence electrons. The molecule has 27 heavy (non-hydrogen) atoms. The molecule has 1 aliphatic rings. The molecule has 0 atom stereocenters. The van der Waals surface area contributed by atoms with Gasteiger partial charge in [0.2, 0.25) is 5.95 Å². The monoisotopic (exact) mass is 383 g/mol. The predicted octanol–water partition coefficient (Wildman–Crippen LogP) is 2.23. The topological polar surface area (TPSA) is 95.9 Å². The first-order valence-corrected chi connectivity index (χ1v) is 9.77. The summed E-state index contributed by atoms with van der Waals surface area (Å²) in [5.74, 6) is 1.44. The molecule has 1 amide bonds. The summed E-state index contributed by atoms with van der Waals surface area (Å²) in [6.07, 6.45) is 2.42. The molecule has 0 bridgehead atoms. The van der Waals surface area contributed by atoms with Crippen molar-refractivity contribution in [3.63, 3.8) is 0 Å². The Morgan fingerprint density at radius 3 is 2.78 bits per heavy atom. The van der Waals surface area contributed by atoms with Crippen LogP contribution in [0.5, 0.6) is 0 Å². The molecule has 0 saturated carbocycles. The Labute approximate surface area is 161 Å². The summed E-state index contributed by atoms with van der Waals surface area (Å²) in [7, 11) is 0. The second kappa shape index (κ2) is 7.83. The normalized spacial score (nSPS) is 13.9. The molecule has 9 heteroatoms. The molecule has 8 nitrogen and oxygen atoms in total. The second-order valence-electron chi connectivity index (χ2n) is 6.54. The molecule has 1 saturated heterocycles. The van der Waals surface area contributed by atoms with Crippen LogP contribution in [-0.2, 0) is 0 Å². The molecule has 0 radical (unpaired) electrons. The van der Waals surface area contributed by atoms with E-state index in [2.05, 4.69) is 34.2 Å². The summed E-state index contributed by atoms with van der Waals surface area (Å²) < 4.78 is 8.31. The van der Waals surface area contributed by atoms with Crippen molar-refractivity contribution in [3.05, 3.63) is 35.5 Å². The average Bonchev–Trinajstić information content (AvgIpc) is 3.35. The van der Waals surface area contributed by atoms with Gasteiger partial charge in [0.05, 0.1) is 11.7 Å². The lowest BCUT2D eigenvalue weighted by molar-refractivity contribution is 0.0955. The standard InChI is InChI=1S/C18H21N7OS/c1-12-10-16(25-8-2-3-9-25)22-18(21-12)20-7-6-19-17(26)13-4-5-14-15(11-13)24-27-23-14/h4-5,10-11H,2-3,6-9H2,1H3,(H,19,26)(H,20,21,22). The van der Waals surface area contributed by atoms with Crippen LogP contribution in [0.1, 0.15) is 28.9 Å². The van der Waals surface area contributed by atoms with E-state index in [0.29, 0.717) is 24.6 Å². The van der Waals surface area contributed by atoms with Crippen LogP contribution in [0.3, 0.4) is 0 Å². The highest BCUT2D eigenvalue weighted by Gasteiger charge is 2.15. The van der Waals surface area contributed by atoms with Gasteiger partial charge >= 0.3 is 0 Å². The van der Waals surface area contributed by atoms with Gasteiger partial charge in [0.1, 0.15) is 16.9 Å². The van der Waals surface area contributed by atoms with Gasteiger partial charge in [-0.15, -0.1) is 0 Å². The number of carbonyl (C=O) groups is 1. The number of nitrogens with one attached hydrogen (secondary N) is 2. The zero-order chi connectivity index (χ0) is 18.6. The van der Waals surface area contributed by atoms with Crippen LogP contribution >= 0.6 is 11.7 Å². The van der Waals surface area contributed by atoms with Crippen LogP contribution in [0, 0.1) is 6.92 Å². The van der Waals surface area contributed by atoms with Gasteiger partial charge in [-0.05, 0) is 38.0 Å².